The first kappa shape index (κ1) is 13.6. The molecule has 2 rings (SSSR count). The first-order chi connectivity index (χ1) is 7.61. The summed E-state index contributed by atoms with van der Waals surface area (Å²) in [7, 11) is 0. The fraction of sp³-hybridized carbons (Fsp3) is 0. The van der Waals surface area contributed by atoms with E-state index in [1.165, 1.54) is 0 Å². The molecule has 4 N–H and O–H groups in total. The normalized spacial score (nSPS) is 9.12. The molecule has 4 heteroatoms. The van der Waals surface area contributed by atoms with Gasteiger partial charge in [0, 0.05) is 18.5 Å². The fourth-order valence-electron chi connectivity index (χ4n) is 0.950. The molecule has 0 aromatic heterocycles. The predicted octanol–water partition coefficient (Wildman–Crippen LogP) is 3.75. The molecule has 2 nitrogen and oxygen atoms in total. The number of halogens is 2. The molecule has 0 heterocycles. The number of para-hydroxylation sites is 2. The third kappa shape index (κ3) is 4.56. The Morgan fingerprint density at radius 1 is 0.625 bits per heavy atom. The first-order valence-electron chi connectivity index (χ1n) is 4.61. The van der Waals surface area contributed by atoms with Crippen molar-refractivity contribution in [3.8, 4) is 0 Å². The molecule has 0 saturated carbocycles. The Balaban J connectivity index is 0.000000160. The highest BCUT2D eigenvalue weighted by molar-refractivity contribution is 14.1. The van der Waals surface area contributed by atoms with Crippen molar-refractivity contribution in [2.45, 2.75) is 0 Å². The van der Waals surface area contributed by atoms with Crippen molar-refractivity contribution in [1.29, 1.82) is 0 Å². The summed E-state index contributed by atoms with van der Waals surface area (Å²) in [4.78, 5) is 0. The SMILES string of the molecule is Nc1ccccc1I.Nc1ccccc1I. The minimum absolute atomic E-state index is 0.855. The lowest BCUT2D eigenvalue weighted by molar-refractivity contribution is 1.63. The van der Waals surface area contributed by atoms with Crippen molar-refractivity contribution in [1.82, 2.24) is 0 Å². The summed E-state index contributed by atoms with van der Waals surface area (Å²) in [6.45, 7) is 0. The second kappa shape index (κ2) is 6.95. The first-order valence-corrected chi connectivity index (χ1v) is 6.77. The van der Waals surface area contributed by atoms with Crippen LogP contribution in [0.4, 0.5) is 11.4 Å². The number of nitrogen functional groups attached to an aromatic ring is 2. The van der Waals surface area contributed by atoms with E-state index in [2.05, 4.69) is 45.2 Å². The topological polar surface area (TPSA) is 52.0 Å². The van der Waals surface area contributed by atoms with Gasteiger partial charge in [-0.1, -0.05) is 24.3 Å². The summed E-state index contributed by atoms with van der Waals surface area (Å²) in [5.41, 5.74) is 12.7. The Hall–Kier alpha value is -0.500. The molecule has 2 aromatic carbocycles. The van der Waals surface area contributed by atoms with Crippen LogP contribution in [0.5, 0.6) is 0 Å². The van der Waals surface area contributed by atoms with Crippen LogP contribution in [0.2, 0.25) is 0 Å². The maximum Gasteiger partial charge on any atom is 0.0449 e. The Labute approximate surface area is 123 Å². The number of nitrogens with two attached hydrogens (primary N) is 2. The second-order valence-electron chi connectivity index (χ2n) is 3.04. The molecule has 0 atom stereocenters. The number of rotatable bonds is 0. The van der Waals surface area contributed by atoms with Crippen LogP contribution in [0, 0.1) is 7.14 Å². The van der Waals surface area contributed by atoms with E-state index in [-0.39, 0.29) is 0 Å². The van der Waals surface area contributed by atoms with E-state index >= 15 is 0 Å². The van der Waals surface area contributed by atoms with Crippen molar-refractivity contribution in [3.05, 3.63) is 55.7 Å². The van der Waals surface area contributed by atoms with Gasteiger partial charge in [-0.3, -0.25) is 0 Å². The monoisotopic (exact) mass is 438 g/mol. The molecule has 16 heavy (non-hydrogen) atoms. The van der Waals surface area contributed by atoms with Gasteiger partial charge in [0.1, 0.15) is 0 Å². The molecule has 0 aliphatic rings. The van der Waals surface area contributed by atoms with Gasteiger partial charge in [0.2, 0.25) is 0 Å². The molecule has 0 unspecified atom stereocenters. The second-order valence-corrected chi connectivity index (χ2v) is 5.37. The number of hydrogen-bond acceptors (Lipinski definition) is 2. The van der Waals surface area contributed by atoms with Gasteiger partial charge in [-0.2, -0.15) is 0 Å². The van der Waals surface area contributed by atoms with E-state index in [0.29, 0.717) is 0 Å². The van der Waals surface area contributed by atoms with Gasteiger partial charge in [0.15, 0.2) is 0 Å². The lowest BCUT2D eigenvalue weighted by atomic mass is 10.3. The number of benzene rings is 2. The lowest BCUT2D eigenvalue weighted by Crippen LogP contribution is -1.85. The highest BCUT2D eigenvalue weighted by atomic mass is 127. The van der Waals surface area contributed by atoms with Gasteiger partial charge in [-0.05, 0) is 69.4 Å². The van der Waals surface area contributed by atoms with Crippen molar-refractivity contribution >= 4 is 56.6 Å². The van der Waals surface area contributed by atoms with E-state index in [1.807, 2.05) is 48.5 Å². The smallest absolute Gasteiger partial charge is 0.0449 e. The Kier molecular flexibility index (Phi) is 5.89. The summed E-state index contributed by atoms with van der Waals surface area (Å²) in [6.07, 6.45) is 0. The van der Waals surface area contributed by atoms with Crippen LogP contribution in [0.1, 0.15) is 0 Å². The van der Waals surface area contributed by atoms with E-state index in [4.69, 9.17) is 11.5 Å². The van der Waals surface area contributed by atoms with Crippen molar-refractivity contribution < 1.29 is 0 Å². The summed E-state index contributed by atoms with van der Waals surface area (Å²) in [6, 6.07) is 15.5. The van der Waals surface area contributed by atoms with E-state index in [0.717, 1.165) is 18.5 Å². The number of hydrogen-bond donors (Lipinski definition) is 2. The summed E-state index contributed by atoms with van der Waals surface area (Å²) >= 11 is 4.40. The quantitative estimate of drug-likeness (QED) is 0.487. The minimum atomic E-state index is 0.855. The van der Waals surface area contributed by atoms with Crippen LogP contribution in [-0.2, 0) is 0 Å². The molecule has 0 aliphatic heterocycles. The zero-order chi connectivity index (χ0) is 12.0. The molecule has 0 bridgehead atoms. The third-order valence-electron chi connectivity index (χ3n) is 1.81. The fourth-order valence-corrected chi connectivity index (χ4v) is 1.72. The van der Waals surface area contributed by atoms with Crippen LogP contribution in [-0.4, -0.2) is 0 Å². The molecule has 0 saturated heterocycles. The van der Waals surface area contributed by atoms with Gasteiger partial charge in [0.05, 0.1) is 0 Å². The zero-order valence-corrected chi connectivity index (χ0v) is 12.8. The Morgan fingerprint density at radius 2 is 0.938 bits per heavy atom. The predicted molar refractivity (Wildman–Crippen MR) is 87.1 cm³/mol. The molecular weight excluding hydrogens is 426 g/mol. The largest absolute Gasteiger partial charge is 0.398 e. The van der Waals surface area contributed by atoms with E-state index in [9.17, 15) is 0 Å². The molecular formula is C12H12I2N2. The molecule has 2 aromatic rings. The highest BCUT2D eigenvalue weighted by Gasteiger charge is 1.87. The van der Waals surface area contributed by atoms with Crippen molar-refractivity contribution in [3.63, 3.8) is 0 Å². The van der Waals surface area contributed by atoms with Crippen LogP contribution in [0.25, 0.3) is 0 Å². The van der Waals surface area contributed by atoms with E-state index < -0.39 is 0 Å². The van der Waals surface area contributed by atoms with Crippen molar-refractivity contribution in [2.75, 3.05) is 11.5 Å². The van der Waals surface area contributed by atoms with Crippen molar-refractivity contribution in [2.24, 2.45) is 0 Å². The van der Waals surface area contributed by atoms with Crippen LogP contribution in [0.15, 0.2) is 48.5 Å². The van der Waals surface area contributed by atoms with Crippen LogP contribution in [0.3, 0.4) is 0 Å². The average Bonchev–Trinajstić information content (AvgIpc) is 2.28. The zero-order valence-electron chi connectivity index (χ0n) is 8.53. The lowest BCUT2D eigenvalue weighted by Gasteiger charge is -1.91. The molecule has 0 radical (unpaired) electrons. The molecule has 0 fully saturated rings. The van der Waals surface area contributed by atoms with Gasteiger partial charge in [-0.15, -0.1) is 0 Å². The summed E-state index contributed by atoms with van der Waals surface area (Å²) in [5.74, 6) is 0. The minimum Gasteiger partial charge on any atom is -0.398 e. The van der Waals surface area contributed by atoms with Crippen LogP contribution < -0.4 is 11.5 Å². The molecule has 0 amide bonds. The third-order valence-corrected chi connectivity index (χ3v) is 3.78. The Bertz CT molecular complexity index is 373. The summed E-state index contributed by atoms with van der Waals surface area (Å²) in [5, 5.41) is 0. The average molecular weight is 438 g/mol. The Morgan fingerprint density at radius 3 is 1.12 bits per heavy atom. The standard InChI is InChI=1S/2C6H6IN/c2*7-5-3-1-2-4-6(5)8/h2*1-4H,8H2. The summed E-state index contributed by atoms with van der Waals surface area (Å²) < 4.78 is 2.23. The number of anilines is 2. The molecule has 84 valence electrons. The van der Waals surface area contributed by atoms with Gasteiger partial charge in [0.25, 0.3) is 0 Å². The highest BCUT2D eigenvalue weighted by Crippen LogP contribution is 2.12. The maximum atomic E-state index is 5.51. The van der Waals surface area contributed by atoms with Gasteiger partial charge in [-0.25, -0.2) is 0 Å². The molecule has 0 spiro atoms. The van der Waals surface area contributed by atoms with Gasteiger partial charge >= 0.3 is 0 Å². The van der Waals surface area contributed by atoms with Crippen LogP contribution >= 0.6 is 45.2 Å². The maximum absolute atomic E-state index is 5.51. The van der Waals surface area contributed by atoms with E-state index in [1.54, 1.807) is 0 Å². The molecule has 0 aliphatic carbocycles. The van der Waals surface area contributed by atoms with Gasteiger partial charge < -0.3 is 11.5 Å².